The Hall–Kier alpha value is -3.15. The van der Waals surface area contributed by atoms with Crippen LogP contribution in [-0.4, -0.2) is 18.6 Å². The molecule has 0 spiro atoms. The Morgan fingerprint density at radius 2 is 1.76 bits per heavy atom. The maximum atomic E-state index is 12.8. The highest BCUT2D eigenvalue weighted by molar-refractivity contribution is 5.89. The molecule has 0 bridgehead atoms. The van der Waals surface area contributed by atoms with Crippen LogP contribution >= 0.6 is 0 Å². The predicted octanol–water partition coefficient (Wildman–Crippen LogP) is 3.47. The molecule has 2 rings (SSSR count). The van der Waals surface area contributed by atoms with Crippen molar-refractivity contribution in [3.63, 3.8) is 0 Å². The topological polar surface area (TPSA) is 67.4 Å². The van der Waals surface area contributed by atoms with E-state index in [9.17, 15) is 14.0 Å². The number of amides is 2. The van der Waals surface area contributed by atoms with Crippen molar-refractivity contribution in [1.29, 1.82) is 0 Å². The molecule has 130 valence electrons. The molecule has 0 unspecified atom stereocenters. The second-order valence-corrected chi connectivity index (χ2v) is 5.13. The van der Waals surface area contributed by atoms with Gasteiger partial charge in [0.25, 0.3) is 0 Å². The standard InChI is InChI=1S/C19H19FN2O3/c1-2-25-18(23)16-7-3-15(4-8-16)13-22-19(24)21-12-11-14-5-9-17(20)10-6-14/h3-12H,2,13H2,1H3,(H2,21,22,24)/b12-11+. The quantitative estimate of drug-likeness (QED) is 0.790. The lowest BCUT2D eigenvalue weighted by molar-refractivity contribution is 0.0526. The van der Waals surface area contributed by atoms with E-state index in [1.54, 1.807) is 49.4 Å². The van der Waals surface area contributed by atoms with Crippen LogP contribution in [0.4, 0.5) is 9.18 Å². The van der Waals surface area contributed by atoms with E-state index in [0.717, 1.165) is 11.1 Å². The Morgan fingerprint density at radius 1 is 1.08 bits per heavy atom. The molecule has 2 aromatic carbocycles. The Bertz CT molecular complexity index is 740. The second-order valence-electron chi connectivity index (χ2n) is 5.13. The van der Waals surface area contributed by atoms with Crippen molar-refractivity contribution < 1.29 is 18.7 Å². The molecule has 25 heavy (non-hydrogen) atoms. The largest absolute Gasteiger partial charge is 0.462 e. The Labute approximate surface area is 145 Å². The molecule has 0 saturated carbocycles. The van der Waals surface area contributed by atoms with Crippen LogP contribution in [0.15, 0.2) is 54.7 Å². The Morgan fingerprint density at radius 3 is 2.40 bits per heavy atom. The molecular weight excluding hydrogens is 323 g/mol. The minimum Gasteiger partial charge on any atom is -0.462 e. The maximum Gasteiger partial charge on any atom is 0.338 e. The SMILES string of the molecule is CCOC(=O)c1ccc(CNC(=O)N/C=C/c2ccc(F)cc2)cc1. The summed E-state index contributed by atoms with van der Waals surface area (Å²) in [6.07, 6.45) is 3.14. The molecule has 5 nitrogen and oxygen atoms in total. The summed E-state index contributed by atoms with van der Waals surface area (Å²) in [6, 6.07) is 12.4. The van der Waals surface area contributed by atoms with Gasteiger partial charge in [0.15, 0.2) is 0 Å². The number of nitrogens with one attached hydrogen (secondary N) is 2. The molecule has 0 saturated heterocycles. The number of carbonyl (C=O) groups excluding carboxylic acids is 2. The van der Waals surface area contributed by atoms with Gasteiger partial charge in [-0.25, -0.2) is 14.0 Å². The average molecular weight is 342 g/mol. The molecule has 0 fully saturated rings. The average Bonchev–Trinajstić information content (AvgIpc) is 2.62. The highest BCUT2D eigenvalue weighted by atomic mass is 19.1. The summed E-state index contributed by atoms with van der Waals surface area (Å²) in [4.78, 5) is 23.3. The molecule has 2 amide bonds. The molecule has 2 aromatic rings. The molecular formula is C19H19FN2O3. The summed E-state index contributed by atoms with van der Waals surface area (Å²) in [6.45, 7) is 2.40. The normalized spacial score (nSPS) is 10.5. The number of benzene rings is 2. The molecule has 0 aliphatic carbocycles. The van der Waals surface area contributed by atoms with Gasteiger partial charge in [-0.3, -0.25) is 0 Å². The van der Waals surface area contributed by atoms with Gasteiger partial charge in [0, 0.05) is 12.7 Å². The van der Waals surface area contributed by atoms with Crippen LogP contribution in [0.1, 0.15) is 28.4 Å². The number of carbonyl (C=O) groups is 2. The van der Waals surface area contributed by atoms with Crippen LogP contribution in [-0.2, 0) is 11.3 Å². The van der Waals surface area contributed by atoms with E-state index < -0.39 is 0 Å². The van der Waals surface area contributed by atoms with Crippen molar-refractivity contribution in [3.8, 4) is 0 Å². The highest BCUT2D eigenvalue weighted by Crippen LogP contribution is 2.06. The zero-order valence-corrected chi connectivity index (χ0v) is 13.8. The van der Waals surface area contributed by atoms with Gasteiger partial charge in [0.05, 0.1) is 12.2 Å². The van der Waals surface area contributed by atoms with Crippen molar-refractivity contribution in [2.45, 2.75) is 13.5 Å². The first-order valence-electron chi connectivity index (χ1n) is 7.81. The van der Waals surface area contributed by atoms with Gasteiger partial charge < -0.3 is 15.4 Å². The number of esters is 1. The zero-order chi connectivity index (χ0) is 18.1. The van der Waals surface area contributed by atoms with Gasteiger partial charge in [-0.2, -0.15) is 0 Å². The third-order valence-corrected chi connectivity index (χ3v) is 3.28. The van der Waals surface area contributed by atoms with Crippen LogP contribution in [0.5, 0.6) is 0 Å². The van der Waals surface area contributed by atoms with Crippen LogP contribution in [0.25, 0.3) is 6.08 Å². The molecule has 0 radical (unpaired) electrons. The lowest BCUT2D eigenvalue weighted by Gasteiger charge is -2.06. The summed E-state index contributed by atoms with van der Waals surface area (Å²) in [5.74, 6) is -0.678. The van der Waals surface area contributed by atoms with Gasteiger partial charge in [-0.1, -0.05) is 24.3 Å². The van der Waals surface area contributed by atoms with E-state index in [2.05, 4.69) is 10.6 Å². The summed E-state index contributed by atoms with van der Waals surface area (Å²) in [7, 11) is 0. The van der Waals surface area contributed by atoms with Crippen molar-refractivity contribution >= 4 is 18.1 Å². The molecule has 2 N–H and O–H groups in total. The zero-order valence-electron chi connectivity index (χ0n) is 13.8. The third-order valence-electron chi connectivity index (χ3n) is 3.28. The van der Waals surface area contributed by atoms with E-state index in [1.807, 2.05) is 0 Å². The number of rotatable bonds is 6. The fourth-order valence-electron chi connectivity index (χ4n) is 1.99. The van der Waals surface area contributed by atoms with Crippen LogP contribution in [0, 0.1) is 5.82 Å². The molecule has 6 heteroatoms. The van der Waals surface area contributed by atoms with E-state index in [1.165, 1.54) is 18.3 Å². The highest BCUT2D eigenvalue weighted by Gasteiger charge is 2.05. The van der Waals surface area contributed by atoms with Gasteiger partial charge in [0.2, 0.25) is 0 Å². The number of ether oxygens (including phenoxy) is 1. The predicted molar refractivity (Wildman–Crippen MR) is 93.2 cm³/mol. The van der Waals surface area contributed by atoms with Crippen LogP contribution in [0.3, 0.4) is 0 Å². The van der Waals surface area contributed by atoms with Gasteiger partial charge in [-0.05, 0) is 48.4 Å². The second kappa shape index (κ2) is 9.22. The summed E-state index contributed by atoms with van der Waals surface area (Å²) >= 11 is 0. The first kappa shape index (κ1) is 18.2. The lowest BCUT2D eigenvalue weighted by atomic mass is 10.1. The number of hydrogen-bond acceptors (Lipinski definition) is 3. The van der Waals surface area contributed by atoms with Crippen LogP contribution in [0.2, 0.25) is 0 Å². The van der Waals surface area contributed by atoms with Crippen LogP contribution < -0.4 is 10.6 Å². The summed E-state index contributed by atoms with van der Waals surface area (Å²) in [5.41, 5.74) is 2.10. The van der Waals surface area contributed by atoms with E-state index in [-0.39, 0.29) is 17.8 Å². The van der Waals surface area contributed by atoms with Crippen molar-refractivity contribution in [2.75, 3.05) is 6.61 Å². The van der Waals surface area contributed by atoms with E-state index in [0.29, 0.717) is 18.7 Å². The first-order valence-corrected chi connectivity index (χ1v) is 7.81. The molecule has 0 atom stereocenters. The molecule has 0 aliphatic heterocycles. The molecule has 0 aliphatic rings. The Kier molecular flexibility index (Phi) is 6.71. The minimum atomic E-state index is -0.370. The van der Waals surface area contributed by atoms with Crippen molar-refractivity contribution in [2.24, 2.45) is 0 Å². The van der Waals surface area contributed by atoms with Crippen molar-refractivity contribution in [3.05, 3.63) is 77.2 Å². The smallest absolute Gasteiger partial charge is 0.338 e. The minimum absolute atomic E-state index is 0.308. The van der Waals surface area contributed by atoms with Crippen molar-refractivity contribution in [1.82, 2.24) is 10.6 Å². The fourth-order valence-corrected chi connectivity index (χ4v) is 1.99. The Balaban J connectivity index is 1.77. The van der Waals surface area contributed by atoms with E-state index >= 15 is 0 Å². The first-order chi connectivity index (χ1) is 12.1. The maximum absolute atomic E-state index is 12.8. The fraction of sp³-hybridized carbons (Fsp3) is 0.158. The van der Waals surface area contributed by atoms with Gasteiger partial charge in [-0.15, -0.1) is 0 Å². The summed E-state index contributed by atoms with van der Waals surface area (Å²) < 4.78 is 17.7. The number of halogens is 1. The molecule has 0 heterocycles. The monoisotopic (exact) mass is 342 g/mol. The van der Waals surface area contributed by atoms with Gasteiger partial charge in [0.1, 0.15) is 5.82 Å². The lowest BCUT2D eigenvalue weighted by Crippen LogP contribution is -2.31. The number of urea groups is 1. The molecule has 0 aromatic heterocycles. The summed E-state index contributed by atoms with van der Waals surface area (Å²) in [5, 5.41) is 5.25. The van der Waals surface area contributed by atoms with E-state index in [4.69, 9.17) is 4.74 Å². The van der Waals surface area contributed by atoms with Gasteiger partial charge >= 0.3 is 12.0 Å². The third kappa shape index (κ3) is 6.10. The number of hydrogen-bond donors (Lipinski definition) is 2.